The lowest BCUT2D eigenvalue weighted by Crippen LogP contribution is -2.23. The molecule has 0 spiro atoms. The number of halogens is 2. The van der Waals surface area contributed by atoms with Crippen molar-refractivity contribution in [3.05, 3.63) is 64.0 Å². The number of hydrogen-bond acceptors (Lipinski definition) is 5. The molecule has 0 aliphatic carbocycles. The van der Waals surface area contributed by atoms with Crippen LogP contribution in [0.3, 0.4) is 0 Å². The van der Waals surface area contributed by atoms with Gasteiger partial charge in [-0.25, -0.2) is 9.37 Å². The van der Waals surface area contributed by atoms with Gasteiger partial charge in [-0.15, -0.1) is 0 Å². The van der Waals surface area contributed by atoms with Crippen LogP contribution in [0.1, 0.15) is 16.1 Å². The van der Waals surface area contributed by atoms with Gasteiger partial charge in [-0.3, -0.25) is 4.79 Å². The summed E-state index contributed by atoms with van der Waals surface area (Å²) in [6.45, 7) is 0.0358. The van der Waals surface area contributed by atoms with Crippen molar-refractivity contribution in [2.24, 2.45) is 0 Å². The minimum atomic E-state index is -0.443. The van der Waals surface area contributed by atoms with Crippen LogP contribution in [0.4, 0.5) is 10.3 Å². The predicted molar refractivity (Wildman–Crippen MR) is 107 cm³/mol. The molecule has 0 unspecified atom stereocenters. The summed E-state index contributed by atoms with van der Waals surface area (Å²) in [6.07, 6.45) is 0. The van der Waals surface area contributed by atoms with Crippen molar-refractivity contribution in [3.63, 3.8) is 0 Å². The molecule has 0 fully saturated rings. The maximum Gasteiger partial charge on any atom is 0.272 e. The van der Waals surface area contributed by atoms with Crippen LogP contribution in [0.5, 0.6) is 5.75 Å². The number of ether oxygens (including phenoxy) is 1. The summed E-state index contributed by atoms with van der Waals surface area (Å²) in [4.78, 5) is 16.9. The number of fused-ring (bicyclic) bond motifs is 3. The number of carbonyl (C=O) groups excluding carboxylic acids is 1. The molecular formula is C19H15BrFN5O2. The van der Waals surface area contributed by atoms with Crippen LogP contribution < -0.4 is 15.8 Å². The number of hydrogen-bond donors (Lipinski definition) is 2. The minimum Gasteiger partial charge on any atom is -0.494 e. The first-order chi connectivity index (χ1) is 13.5. The van der Waals surface area contributed by atoms with Crippen molar-refractivity contribution in [2.75, 3.05) is 12.8 Å². The number of aromatic nitrogens is 3. The zero-order valence-corrected chi connectivity index (χ0v) is 16.3. The SMILES string of the molecule is COc1cccc2c1nc(N)n1nc(C(=O)NCc3ccc(Br)cc3F)cc21. The zero-order chi connectivity index (χ0) is 19.8. The Hall–Kier alpha value is -3.20. The number of benzene rings is 2. The molecule has 2 aromatic carbocycles. The maximum atomic E-state index is 13.9. The highest BCUT2D eigenvalue weighted by Gasteiger charge is 2.17. The monoisotopic (exact) mass is 443 g/mol. The van der Waals surface area contributed by atoms with Crippen LogP contribution in [0.25, 0.3) is 16.4 Å². The van der Waals surface area contributed by atoms with Gasteiger partial charge < -0.3 is 15.8 Å². The van der Waals surface area contributed by atoms with E-state index in [4.69, 9.17) is 10.5 Å². The van der Waals surface area contributed by atoms with Gasteiger partial charge in [0.1, 0.15) is 17.1 Å². The predicted octanol–water partition coefficient (Wildman–Crippen LogP) is 3.30. The Morgan fingerprint density at radius 1 is 1.32 bits per heavy atom. The van der Waals surface area contributed by atoms with E-state index in [1.807, 2.05) is 12.1 Å². The first-order valence-electron chi connectivity index (χ1n) is 8.32. The Morgan fingerprint density at radius 3 is 2.89 bits per heavy atom. The molecule has 3 N–H and O–H groups in total. The van der Waals surface area contributed by atoms with Crippen molar-refractivity contribution in [2.45, 2.75) is 6.54 Å². The number of anilines is 1. The molecule has 28 heavy (non-hydrogen) atoms. The molecule has 142 valence electrons. The van der Waals surface area contributed by atoms with Crippen LogP contribution in [-0.2, 0) is 6.54 Å². The van der Waals surface area contributed by atoms with Gasteiger partial charge in [0.15, 0.2) is 5.69 Å². The Balaban J connectivity index is 1.68. The van der Waals surface area contributed by atoms with Gasteiger partial charge in [0.25, 0.3) is 5.91 Å². The van der Waals surface area contributed by atoms with E-state index in [-0.39, 0.29) is 18.2 Å². The van der Waals surface area contributed by atoms with Crippen molar-refractivity contribution in [1.29, 1.82) is 0 Å². The standard InChI is InChI=1S/C19H15BrFN5O2/c1-28-16-4-2-3-12-15-8-14(25-26(15)19(22)24-17(12)16)18(27)23-9-10-5-6-11(20)7-13(10)21/h2-8H,9H2,1H3,(H2,22,24)(H,23,27). The quantitative estimate of drug-likeness (QED) is 0.504. The summed E-state index contributed by atoms with van der Waals surface area (Å²) in [5.41, 5.74) is 7.74. The van der Waals surface area contributed by atoms with E-state index >= 15 is 0 Å². The molecule has 2 heterocycles. The summed E-state index contributed by atoms with van der Waals surface area (Å²) < 4.78 is 21.3. The Kier molecular flexibility index (Phi) is 4.60. The summed E-state index contributed by atoms with van der Waals surface area (Å²) in [5, 5.41) is 7.66. The number of nitrogens with two attached hydrogens (primary N) is 1. The topological polar surface area (TPSA) is 94.5 Å². The van der Waals surface area contributed by atoms with E-state index in [9.17, 15) is 9.18 Å². The van der Waals surface area contributed by atoms with Gasteiger partial charge in [-0.1, -0.05) is 34.1 Å². The van der Waals surface area contributed by atoms with E-state index < -0.39 is 11.7 Å². The molecule has 4 aromatic rings. The molecule has 0 aliphatic rings. The number of amides is 1. The average Bonchev–Trinajstić information content (AvgIpc) is 3.13. The fraction of sp³-hybridized carbons (Fsp3) is 0.105. The number of nitrogens with zero attached hydrogens (tertiary/aromatic N) is 3. The van der Waals surface area contributed by atoms with Crippen molar-refractivity contribution in [1.82, 2.24) is 19.9 Å². The molecule has 0 bridgehead atoms. The van der Waals surface area contributed by atoms with Crippen LogP contribution >= 0.6 is 15.9 Å². The first kappa shape index (κ1) is 18.2. The smallest absolute Gasteiger partial charge is 0.272 e. The number of para-hydroxylation sites is 1. The molecule has 2 aromatic heterocycles. The molecule has 0 saturated carbocycles. The fourth-order valence-electron chi connectivity index (χ4n) is 2.96. The fourth-order valence-corrected chi connectivity index (χ4v) is 3.29. The van der Waals surface area contributed by atoms with E-state index in [1.165, 1.54) is 10.6 Å². The van der Waals surface area contributed by atoms with Gasteiger partial charge in [0, 0.05) is 22.0 Å². The molecule has 9 heteroatoms. The summed E-state index contributed by atoms with van der Waals surface area (Å²) in [7, 11) is 1.55. The van der Waals surface area contributed by atoms with E-state index in [0.29, 0.717) is 26.8 Å². The van der Waals surface area contributed by atoms with E-state index in [2.05, 4.69) is 31.3 Å². The molecular weight excluding hydrogens is 429 g/mol. The molecule has 1 amide bonds. The lowest BCUT2D eigenvalue weighted by atomic mass is 10.2. The van der Waals surface area contributed by atoms with Crippen molar-refractivity contribution < 1.29 is 13.9 Å². The highest BCUT2D eigenvalue weighted by Crippen LogP contribution is 2.28. The third-order valence-electron chi connectivity index (χ3n) is 4.33. The van der Waals surface area contributed by atoms with Crippen molar-refractivity contribution in [3.8, 4) is 5.75 Å². The normalized spacial score (nSPS) is 11.1. The van der Waals surface area contributed by atoms with Crippen LogP contribution in [-0.4, -0.2) is 27.6 Å². The number of nitrogen functional groups attached to an aromatic ring is 1. The molecule has 4 rings (SSSR count). The van der Waals surface area contributed by atoms with Crippen LogP contribution in [0.15, 0.2) is 46.9 Å². The molecule has 0 saturated heterocycles. The molecule has 0 atom stereocenters. The minimum absolute atomic E-state index is 0.0358. The number of nitrogens with one attached hydrogen (secondary N) is 1. The van der Waals surface area contributed by atoms with Gasteiger partial charge in [-0.05, 0) is 24.3 Å². The van der Waals surface area contributed by atoms with E-state index in [0.717, 1.165) is 5.39 Å². The molecule has 7 nitrogen and oxygen atoms in total. The molecule has 0 radical (unpaired) electrons. The maximum absolute atomic E-state index is 13.9. The second-order valence-electron chi connectivity index (χ2n) is 6.07. The summed E-state index contributed by atoms with van der Waals surface area (Å²) in [5.74, 6) is -0.146. The highest BCUT2D eigenvalue weighted by atomic mass is 79.9. The number of methoxy groups -OCH3 is 1. The third kappa shape index (κ3) is 3.13. The number of carbonyl (C=O) groups is 1. The highest BCUT2D eigenvalue weighted by molar-refractivity contribution is 9.10. The second kappa shape index (κ2) is 7.08. The lowest BCUT2D eigenvalue weighted by Gasteiger charge is -2.07. The average molecular weight is 444 g/mol. The van der Waals surface area contributed by atoms with E-state index in [1.54, 1.807) is 31.4 Å². The summed E-state index contributed by atoms with van der Waals surface area (Å²) in [6, 6.07) is 11.7. The van der Waals surface area contributed by atoms with Gasteiger partial charge >= 0.3 is 0 Å². The van der Waals surface area contributed by atoms with Crippen molar-refractivity contribution >= 4 is 44.2 Å². The lowest BCUT2D eigenvalue weighted by molar-refractivity contribution is 0.0945. The van der Waals surface area contributed by atoms with Gasteiger partial charge in [-0.2, -0.15) is 9.61 Å². The second-order valence-corrected chi connectivity index (χ2v) is 6.99. The molecule has 0 aliphatic heterocycles. The number of rotatable bonds is 4. The Morgan fingerprint density at radius 2 is 2.14 bits per heavy atom. The Bertz CT molecular complexity index is 1220. The first-order valence-corrected chi connectivity index (χ1v) is 9.11. The largest absolute Gasteiger partial charge is 0.494 e. The Labute approximate surface area is 167 Å². The third-order valence-corrected chi connectivity index (χ3v) is 4.83. The van der Waals surface area contributed by atoms with Gasteiger partial charge in [0.05, 0.1) is 12.6 Å². The van der Waals surface area contributed by atoms with Crippen LogP contribution in [0.2, 0.25) is 0 Å². The van der Waals surface area contributed by atoms with Crippen LogP contribution in [0, 0.1) is 5.82 Å². The van der Waals surface area contributed by atoms with Gasteiger partial charge in [0.2, 0.25) is 5.95 Å². The summed E-state index contributed by atoms with van der Waals surface area (Å²) >= 11 is 3.20. The zero-order valence-electron chi connectivity index (χ0n) is 14.7.